The van der Waals surface area contributed by atoms with Gasteiger partial charge in [0.25, 0.3) is 0 Å². The maximum absolute atomic E-state index is 3.71. The second-order valence-electron chi connectivity index (χ2n) is 2.73. The molecule has 0 saturated heterocycles. The summed E-state index contributed by atoms with van der Waals surface area (Å²) in [5.41, 5.74) is 0. The zero-order valence-corrected chi connectivity index (χ0v) is 8.16. The first-order valence-electron chi connectivity index (χ1n) is 4.10. The van der Waals surface area contributed by atoms with Gasteiger partial charge in [-0.25, -0.2) is 0 Å². The van der Waals surface area contributed by atoms with E-state index in [1.165, 1.54) is 31.6 Å². The summed E-state index contributed by atoms with van der Waals surface area (Å²) in [5.74, 6) is 0. The molecule has 0 nitrogen and oxygen atoms in total. The van der Waals surface area contributed by atoms with Gasteiger partial charge in [0.2, 0.25) is 0 Å². The van der Waals surface area contributed by atoms with E-state index in [4.69, 9.17) is 0 Å². The lowest BCUT2D eigenvalue weighted by molar-refractivity contribution is 0.960. The van der Waals surface area contributed by atoms with E-state index in [-0.39, 0.29) is 0 Å². The van der Waals surface area contributed by atoms with Gasteiger partial charge >= 0.3 is 0 Å². The average molecular weight is 158 g/mol. The summed E-state index contributed by atoms with van der Waals surface area (Å²) in [6.07, 6.45) is 8.83. The minimum atomic E-state index is 0.360. The average Bonchev–Trinajstić information content (AvgIpc) is 1.89. The van der Waals surface area contributed by atoms with E-state index in [1.54, 1.807) is 0 Å². The molecule has 0 aliphatic heterocycles. The second kappa shape index (κ2) is 7.28. The summed E-state index contributed by atoms with van der Waals surface area (Å²) in [4.78, 5) is 0. The molecule has 1 unspecified atom stereocenters. The molecule has 0 radical (unpaired) electrons. The van der Waals surface area contributed by atoms with Gasteiger partial charge in [-0.1, -0.05) is 19.4 Å². The normalized spacial score (nSPS) is 13.0. The highest BCUT2D eigenvalue weighted by Gasteiger charge is 1.96. The Hall–Kier alpha value is 0.170. The summed E-state index contributed by atoms with van der Waals surface area (Å²) in [7, 11) is 0.360. The van der Waals surface area contributed by atoms with Crippen LogP contribution in [0.15, 0.2) is 12.7 Å². The lowest BCUT2D eigenvalue weighted by Crippen LogP contribution is -1.86. The summed E-state index contributed by atoms with van der Waals surface area (Å²) in [6, 6.07) is 0. The zero-order chi connectivity index (χ0) is 7.82. The van der Waals surface area contributed by atoms with Crippen molar-refractivity contribution in [2.24, 2.45) is 0 Å². The first-order valence-corrected chi connectivity index (χ1v) is 6.26. The highest BCUT2D eigenvalue weighted by molar-refractivity contribution is 7.56. The van der Waals surface area contributed by atoms with Gasteiger partial charge in [0.05, 0.1) is 0 Å². The first kappa shape index (κ1) is 10.2. The monoisotopic (exact) mass is 158 g/mol. The molecule has 0 aromatic carbocycles. The molecule has 0 rings (SSSR count). The molecule has 0 saturated carbocycles. The molecule has 0 aromatic rings. The Labute approximate surface area is 66.5 Å². The van der Waals surface area contributed by atoms with E-state index in [2.05, 4.69) is 20.2 Å². The van der Waals surface area contributed by atoms with Crippen molar-refractivity contribution in [3.05, 3.63) is 12.7 Å². The Morgan fingerprint density at radius 1 is 1.40 bits per heavy atom. The molecule has 1 atom stereocenters. The molecule has 0 aliphatic rings. The second-order valence-corrected chi connectivity index (χ2v) is 5.34. The summed E-state index contributed by atoms with van der Waals surface area (Å²) < 4.78 is 0. The van der Waals surface area contributed by atoms with E-state index in [0.717, 1.165) is 0 Å². The number of hydrogen-bond acceptors (Lipinski definition) is 0. The molecule has 0 heterocycles. The van der Waals surface area contributed by atoms with E-state index in [1.807, 2.05) is 6.08 Å². The van der Waals surface area contributed by atoms with Gasteiger partial charge < -0.3 is 0 Å². The Balaban J connectivity index is 3.04. The first-order chi connectivity index (χ1) is 4.81. The van der Waals surface area contributed by atoms with E-state index < -0.39 is 0 Å². The lowest BCUT2D eigenvalue weighted by atomic mass is 10.3. The summed E-state index contributed by atoms with van der Waals surface area (Å²) in [5, 5.41) is 0. The largest absolute Gasteiger partial charge is 0.110 e. The fourth-order valence-electron chi connectivity index (χ4n) is 0.999. The van der Waals surface area contributed by atoms with Crippen LogP contribution >= 0.6 is 7.92 Å². The molecular weight excluding hydrogens is 139 g/mol. The fourth-order valence-corrected chi connectivity index (χ4v) is 2.71. The van der Waals surface area contributed by atoms with Crippen LogP contribution in [0, 0.1) is 0 Å². The van der Waals surface area contributed by atoms with Crippen LogP contribution < -0.4 is 0 Å². The highest BCUT2D eigenvalue weighted by Crippen LogP contribution is 2.31. The van der Waals surface area contributed by atoms with Crippen molar-refractivity contribution in [3.8, 4) is 0 Å². The van der Waals surface area contributed by atoms with Gasteiger partial charge in [-0.2, -0.15) is 0 Å². The molecule has 10 heavy (non-hydrogen) atoms. The zero-order valence-electron chi connectivity index (χ0n) is 7.27. The van der Waals surface area contributed by atoms with Crippen LogP contribution in [0.1, 0.15) is 26.2 Å². The molecule has 60 valence electrons. The Bertz CT molecular complexity index is 78.8. The third-order valence-corrected chi connectivity index (χ3v) is 3.84. The fraction of sp³-hybridized carbons (Fsp3) is 0.778. The van der Waals surface area contributed by atoms with E-state index >= 15 is 0 Å². The standard InChI is InChI=1S/C9H19P/c1-4-6-7-9-10(3)8-5-2/h4H,1,5-9H2,2-3H3. The van der Waals surface area contributed by atoms with Crippen molar-refractivity contribution in [2.45, 2.75) is 26.2 Å². The highest BCUT2D eigenvalue weighted by atomic mass is 31.1. The molecule has 0 bridgehead atoms. The van der Waals surface area contributed by atoms with Gasteiger partial charge in [-0.3, -0.25) is 0 Å². The SMILES string of the molecule is C=CCCCP(C)CCC. The molecule has 0 aromatic heterocycles. The molecule has 0 amide bonds. The van der Waals surface area contributed by atoms with Crippen LogP contribution in [0.4, 0.5) is 0 Å². The van der Waals surface area contributed by atoms with Gasteiger partial charge in [0.15, 0.2) is 0 Å². The van der Waals surface area contributed by atoms with Crippen LogP contribution in [0.5, 0.6) is 0 Å². The molecule has 0 N–H and O–H groups in total. The third kappa shape index (κ3) is 6.29. The van der Waals surface area contributed by atoms with Gasteiger partial charge in [0, 0.05) is 0 Å². The maximum atomic E-state index is 3.71. The maximum Gasteiger partial charge on any atom is -0.0325 e. The van der Waals surface area contributed by atoms with E-state index in [9.17, 15) is 0 Å². The lowest BCUT2D eigenvalue weighted by Gasteiger charge is -2.08. The van der Waals surface area contributed by atoms with Crippen LogP contribution in [0.2, 0.25) is 0 Å². The van der Waals surface area contributed by atoms with Crippen molar-refractivity contribution in [1.29, 1.82) is 0 Å². The summed E-state index contributed by atoms with van der Waals surface area (Å²) in [6.45, 7) is 8.39. The quantitative estimate of drug-likeness (QED) is 0.315. The minimum Gasteiger partial charge on any atom is -0.110 e. The molecule has 0 aliphatic carbocycles. The smallest absolute Gasteiger partial charge is 0.0325 e. The molecule has 1 heteroatoms. The predicted molar refractivity (Wildman–Crippen MR) is 52.3 cm³/mol. The van der Waals surface area contributed by atoms with Crippen LogP contribution in [0.3, 0.4) is 0 Å². The number of hydrogen-bond donors (Lipinski definition) is 0. The summed E-state index contributed by atoms with van der Waals surface area (Å²) >= 11 is 0. The molecular formula is C9H19P. The minimum absolute atomic E-state index is 0.360. The molecule has 0 fully saturated rings. The Morgan fingerprint density at radius 2 is 2.10 bits per heavy atom. The van der Waals surface area contributed by atoms with Crippen molar-refractivity contribution in [2.75, 3.05) is 19.0 Å². The predicted octanol–water partition coefficient (Wildman–Crippen LogP) is 3.47. The van der Waals surface area contributed by atoms with E-state index in [0.29, 0.717) is 7.92 Å². The van der Waals surface area contributed by atoms with Crippen molar-refractivity contribution >= 4 is 7.92 Å². The Kier molecular flexibility index (Phi) is 7.40. The van der Waals surface area contributed by atoms with Gasteiger partial charge in [-0.05, 0) is 31.8 Å². The number of rotatable bonds is 6. The van der Waals surface area contributed by atoms with Crippen LogP contribution in [-0.2, 0) is 0 Å². The molecule has 0 spiro atoms. The third-order valence-electron chi connectivity index (χ3n) is 1.55. The topological polar surface area (TPSA) is 0 Å². The Morgan fingerprint density at radius 3 is 2.60 bits per heavy atom. The number of allylic oxidation sites excluding steroid dienone is 1. The van der Waals surface area contributed by atoms with Crippen LogP contribution in [-0.4, -0.2) is 19.0 Å². The van der Waals surface area contributed by atoms with Crippen molar-refractivity contribution in [3.63, 3.8) is 0 Å². The van der Waals surface area contributed by atoms with Crippen LogP contribution in [0.25, 0.3) is 0 Å². The van der Waals surface area contributed by atoms with Crippen molar-refractivity contribution in [1.82, 2.24) is 0 Å². The number of unbranched alkanes of at least 4 members (excludes halogenated alkanes) is 1. The van der Waals surface area contributed by atoms with Crippen molar-refractivity contribution < 1.29 is 0 Å². The van der Waals surface area contributed by atoms with Gasteiger partial charge in [0.1, 0.15) is 0 Å². The van der Waals surface area contributed by atoms with Gasteiger partial charge in [-0.15, -0.1) is 14.5 Å².